The van der Waals surface area contributed by atoms with E-state index in [1.807, 2.05) is 30.5 Å². The maximum Gasteiger partial charge on any atom is 0.251 e. The molecule has 3 fully saturated rings. The first kappa shape index (κ1) is 17.9. The first-order valence-corrected chi connectivity index (χ1v) is 10.5. The van der Waals surface area contributed by atoms with Crippen molar-refractivity contribution in [1.82, 2.24) is 20.4 Å². The summed E-state index contributed by atoms with van der Waals surface area (Å²) in [6, 6.07) is 7.72. The van der Waals surface area contributed by atoms with Gasteiger partial charge >= 0.3 is 0 Å². The summed E-state index contributed by atoms with van der Waals surface area (Å²) < 4.78 is 5.46. The molecule has 3 heterocycles. The summed E-state index contributed by atoms with van der Waals surface area (Å²) in [7, 11) is 0. The summed E-state index contributed by atoms with van der Waals surface area (Å²) >= 11 is 0. The van der Waals surface area contributed by atoms with Crippen LogP contribution in [-0.4, -0.2) is 60.4 Å². The van der Waals surface area contributed by atoms with E-state index in [1.54, 1.807) is 6.20 Å². The van der Waals surface area contributed by atoms with Crippen LogP contribution in [-0.2, 0) is 4.74 Å². The predicted octanol–water partition coefficient (Wildman–Crippen LogP) is 2.41. The molecule has 2 aromatic rings. The van der Waals surface area contributed by atoms with Crippen molar-refractivity contribution >= 4 is 5.91 Å². The Balaban J connectivity index is 1.06. The normalized spacial score (nSPS) is 27.5. The lowest BCUT2D eigenvalue weighted by Gasteiger charge is -2.28. The number of benzene rings is 1. The molecule has 0 spiro atoms. The summed E-state index contributed by atoms with van der Waals surface area (Å²) in [4.78, 5) is 15.1. The quantitative estimate of drug-likeness (QED) is 0.807. The van der Waals surface area contributed by atoms with Crippen LogP contribution in [0.3, 0.4) is 0 Å². The number of aromatic nitrogens is 2. The van der Waals surface area contributed by atoms with Gasteiger partial charge in [0.2, 0.25) is 0 Å². The van der Waals surface area contributed by atoms with Gasteiger partial charge in [0.25, 0.3) is 5.91 Å². The smallest absolute Gasteiger partial charge is 0.251 e. The van der Waals surface area contributed by atoms with Crippen LogP contribution < -0.4 is 5.32 Å². The third kappa shape index (κ3) is 3.71. The SMILES string of the molecule is O=C(NCC1C2CN(CC3CCOCC3)CC12)c1ccc(-c2cn[nH]c2)cc1. The number of rotatable bonds is 6. The zero-order chi connectivity index (χ0) is 18.9. The van der Waals surface area contributed by atoms with Crippen LogP contribution in [0.25, 0.3) is 11.1 Å². The number of piperidine rings is 1. The highest BCUT2D eigenvalue weighted by molar-refractivity contribution is 5.94. The molecule has 2 saturated heterocycles. The zero-order valence-corrected chi connectivity index (χ0v) is 16.1. The second-order valence-electron chi connectivity index (χ2n) is 8.54. The molecule has 2 aliphatic heterocycles. The van der Waals surface area contributed by atoms with Crippen molar-refractivity contribution in [3.8, 4) is 11.1 Å². The fraction of sp³-hybridized carbons (Fsp3) is 0.545. The number of aromatic amines is 1. The van der Waals surface area contributed by atoms with Gasteiger partial charge in [-0.3, -0.25) is 9.89 Å². The van der Waals surface area contributed by atoms with Gasteiger partial charge in [-0.1, -0.05) is 12.1 Å². The molecule has 6 nitrogen and oxygen atoms in total. The zero-order valence-electron chi connectivity index (χ0n) is 16.1. The van der Waals surface area contributed by atoms with E-state index < -0.39 is 0 Å². The Hall–Kier alpha value is -2.18. The predicted molar refractivity (Wildman–Crippen MR) is 107 cm³/mol. The number of hydrogen-bond acceptors (Lipinski definition) is 4. The highest BCUT2D eigenvalue weighted by Crippen LogP contribution is 2.51. The van der Waals surface area contributed by atoms with Crippen molar-refractivity contribution in [3.05, 3.63) is 42.2 Å². The molecule has 1 aromatic heterocycles. The van der Waals surface area contributed by atoms with Crippen LogP contribution >= 0.6 is 0 Å². The van der Waals surface area contributed by atoms with Gasteiger partial charge in [-0.2, -0.15) is 5.10 Å². The van der Waals surface area contributed by atoms with E-state index >= 15 is 0 Å². The van der Waals surface area contributed by atoms with Crippen LogP contribution in [0.15, 0.2) is 36.7 Å². The molecule has 3 aliphatic rings. The van der Waals surface area contributed by atoms with E-state index in [4.69, 9.17) is 4.74 Å². The summed E-state index contributed by atoms with van der Waals surface area (Å²) in [5.74, 6) is 3.07. The molecular weight excluding hydrogens is 352 g/mol. The monoisotopic (exact) mass is 380 g/mol. The van der Waals surface area contributed by atoms with Crippen molar-refractivity contribution in [1.29, 1.82) is 0 Å². The van der Waals surface area contributed by atoms with Crippen LogP contribution in [0.2, 0.25) is 0 Å². The van der Waals surface area contributed by atoms with Crippen molar-refractivity contribution in [2.75, 3.05) is 39.4 Å². The average molecular weight is 380 g/mol. The number of carbonyl (C=O) groups is 1. The van der Waals surface area contributed by atoms with Gasteiger partial charge in [-0.25, -0.2) is 0 Å². The molecular formula is C22H28N4O2. The van der Waals surface area contributed by atoms with Crippen LogP contribution in [0.4, 0.5) is 0 Å². The van der Waals surface area contributed by atoms with Gasteiger partial charge in [0.15, 0.2) is 0 Å². The average Bonchev–Trinajstić information content (AvgIpc) is 3.14. The number of H-pyrrole nitrogens is 1. The first-order valence-electron chi connectivity index (χ1n) is 10.5. The molecule has 0 bridgehead atoms. The minimum atomic E-state index is 0.0304. The van der Waals surface area contributed by atoms with Crippen molar-refractivity contribution in [2.24, 2.45) is 23.7 Å². The second-order valence-corrected chi connectivity index (χ2v) is 8.54. The van der Waals surface area contributed by atoms with Crippen LogP contribution in [0.5, 0.6) is 0 Å². The molecule has 1 saturated carbocycles. The van der Waals surface area contributed by atoms with Crippen molar-refractivity contribution < 1.29 is 9.53 Å². The van der Waals surface area contributed by atoms with Crippen LogP contribution in [0.1, 0.15) is 23.2 Å². The van der Waals surface area contributed by atoms with E-state index in [0.717, 1.165) is 54.2 Å². The molecule has 148 valence electrons. The Kier molecular flexibility index (Phi) is 4.91. The topological polar surface area (TPSA) is 70.2 Å². The molecule has 6 heteroatoms. The number of likely N-dealkylation sites (tertiary alicyclic amines) is 1. The van der Waals surface area contributed by atoms with Gasteiger partial charge in [-0.15, -0.1) is 0 Å². The Labute approximate surface area is 165 Å². The number of fused-ring (bicyclic) bond motifs is 1. The Bertz CT molecular complexity index is 786. The third-order valence-corrected chi connectivity index (χ3v) is 6.78. The standard InChI is InChI=1S/C22H28N4O2/c27-22(17-3-1-16(2-4-17)18-9-24-25-10-18)23-11-19-20-13-26(14-21(19)20)12-15-5-7-28-8-6-15/h1-4,9-10,15,19-21H,5-8,11-14H2,(H,23,27)(H,24,25). The number of ether oxygens (including phenoxy) is 1. The van der Waals surface area contributed by atoms with E-state index in [-0.39, 0.29) is 5.91 Å². The number of hydrogen-bond donors (Lipinski definition) is 2. The van der Waals surface area contributed by atoms with Crippen molar-refractivity contribution in [2.45, 2.75) is 12.8 Å². The molecule has 2 unspecified atom stereocenters. The maximum atomic E-state index is 12.5. The Morgan fingerprint density at radius 2 is 1.89 bits per heavy atom. The highest BCUT2D eigenvalue weighted by Gasteiger charge is 2.55. The van der Waals surface area contributed by atoms with E-state index in [2.05, 4.69) is 20.4 Å². The Morgan fingerprint density at radius 1 is 1.14 bits per heavy atom. The summed E-state index contributed by atoms with van der Waals surface area (Å²) in [6.45, 7) is 6.33. The van der Waals surface area contributed by atoms with Gasteiger partial charge in [-0.05, 0) is 54.2 Å². The van der Waals surface area contributed by atoms with E-state index in [9.17, 15) is 4.79 Å². The largest absolute Gasteiger partial charge is 0.381 e. The fourth-order valence-electron chi connectivity index (χ4n) is 5.02. The molecule has 5 rings (SSSR count). The summed E-state index contributed by atoms with van der Waals surface area (Å²) in [6.07, 6.45) is 6.06. The second kappa shape index (κ2) is 7.68. The van der Waals surface area contributed by atoms with E-state index in [1.165, 1.54) is 32.5 Å². The highest BCUT2D eigenvalue weighted by atomic mass is 16.5. The molecule has 2 N–H and O–H groups in total. The molecule has 2 atom stereocenters. The molecule has 1 aromatic carbocycles. The minimum Gasteiger partial charge on any atom is -0.381 e. The minimum absolute atomic E-state index is 0.0304. The van der Waals surface area contributed by atoms with Crippen molar-refractivity contribution in [3.63, 3.8) is 0 Å². The van der Waals surface area contributed by atoms with Gasteiger partial charge in [0, 0.05) is 56.7 Å². The van der Waals surface area contributed by atoms with Gasteiger partial charge in [0.05, 0.1) is 6.20 Å². The van der Waals surface area contributed by atoms with Crippen LogP contribution in [0, 0.1) is 23.7 Å². The lowest BCUT2D eigenvalue weighted by atomic mass is 9.99. The lowest BCUT2D eigenvalue weighted by molar-refractivity contribution is 0.0535. The summed E-state index contributed by atoms with van der Waals surface area (Å²) in [5.41, 5.74) is 2.81. The lowest BCUT2D eigenvalue weighted by Crippen LogP contribution is -2.34. The molecule has 28 heavy (non-hydrogen) atoms. The molecule has 0 radical (unpaired) electrons. The van der Waals surface area contributed by atoms with Gasteiger partial charge < -0.3 is 15.0 Å². The number of amides is 1. The number of carbonyl (C=O) groups excluding carboxylic acids is 1. The van der Waals surface area contributed by atoms with Gasteiger partial charge in [0.1, 0.15) is 0 Å². The molecule has 1 amide bonds. The number of nitrogens with one attached hydrogen (secondary N) is 2. The van der Waals surface area contributed by atoms with E-state index in [0.29, 0.717) is 5.92 Å². The molecule has 1 aliphatic carbocycles. The number of nitrogens with zero attached hydrogens (tertiary/aromatic N) is 2. The fourth-order valence-corrected chi connectivity index (χ4v) is 5.02. The Morgan fingerprint density at radius 3 is 2.57 bits per heavy atom. The summed E-state index contributed by atoms with van der Waals surface area (Å²) in [5, 5.41) is 9.92. The first-order chi connectivity index (χ1) is 13.8. The maximum absolute atomic E-state index is 12.5. The third-order valence-electron chi connectivity index (χ3n) is 6.78.